The van der Waals surface area contributed by atoms with Crippen LogP contribution in [-0.4, -0.2) is 30.9 Å². The Morgan fingerprint density at radius 2 is 1.45 bits per heavy atom. The van der Waals surface area contributed by atoms with Gasteiger partial charge in [-0.1, -0.05) is 65.8 Å². The number of anilines is 1. The smallest absolute Gasteiger partial charge is 0.147 e. The molecule has 2 aromatic carbocycles. The summed E-state index contributed by atoms with van der Waals surface area (Å²) in [5.74, 6) is 0. The van der Waals surface area contributed by atoms with Gasteiger partial charge in [-0.3, -0.25) is 0 Å². The zero-order valence-electron chi connectivity index (χ0n) is 18.9. The second kappa shape index (κ2) is 9.26. The molecule has 0 aliphatic rings. The highest BCUT2D eigenvalue weighted by atomic mass is 32.9. The quantitative estimate of drug-likeness (QED) is 0.338. The summed E-state index contributed by atoms with van der Waals surface area (Å²) in [6, 6.07) is 11.5. The Morgan fingerprint density at radius 3 is 1.97 bits per heavy atom. The van der Waals surface area contributed by atoms with Gasteiger partial charge in [0.25, 0.3) is 0 Å². The fourth-order valence-electron chi connectivity index (χ4n) is 4.55. The van der Waals surface area contributed by atoms with Crippen LogP contribution in [0.3, 0.4) is 0 Å². The normalized spacial score (nSPS) is 14.2. The molecule has 0 saturated heterocycles. The Balaban J connectivity index is 2.66. The van der Waals surface area contributed by atoms with E-state index in [1.165, 1.54) is 0 Å². The third kappa shape index (κ3) is 4.74. The number of thiol groups is 1. The first-order chi connectivity index (χ1) is 13.4. The van der Waals surface area contributed by atoms with Gasteiger partial charge >= 0.3 is 0 Å². The van der Waals surface area contributed by atoms with E-state index in [-0.39, 0.29) is 10.3 Å². The molecule has 2 rings (SSSR count). The Bertz CT molecular complexity index is 1030. The summed E-state index contributed by atoms with van der Waals surface area (Å²) < 4.78 is 24.3. The third-order valence-corrected chi connectivity index (χ3v) is 15.4. The minimum absolute atomic E-state index is 0.285. The van der Waals surface area contributed by atoms with Crippen molar-refractivity contribution in [2.75, 3.05) is 19.0 Å². The molecule has 1 atom stereocenters. The third-order valence-electron chi connectivity index (χ3n) is 5.94. The van der Waals surface area contributed by atoms with Crippen molar-refractivity contribution in [2.45, 2.75) is 63.1 Å². The number of benzene rings is 2. The molecule has 160 valence electrons. The number of hydrogen-bond donors (Lipinski definition) is 2. The molecule has 1 N–H and O–H groups in total. The maximum absolute atomic E-state index is 13.3. The predicted octanol–water partition coefficient (Wildman–Crippen LogP) is 5.93. The van der Waals surface area contributed by atoms with E-state index >= 15 is 0 Å². The standard InChI is InChI=1S/C23H35NO2S2Si/c1-17(2)29(18(3)4,19(5)6)16-15-27-28(25,26)23-14-10-11-20-21(23)12-9-13-22(20)24(7)8/h9-14,17-19,27H,1-8H3,(H,25,26). The minimum atomic E-state index is -3.28. The van der Waals surface area contributed by atoms with Crippen LogP contribution < -0.4 is 4.90 Å². The summed E-state index contributed by atoms with van der Waals surface area (Å²) >= 11 is 0. The first-order valence-corrected chi connectivity index (χ1v) is 15.4. The van der Waals surface area contributed by atoms with Crippen molar-refractivity contribution in [3.05, 3.63) is 36.4 Å². The van der Waals surface area contributed by atoms with Crippen LogP contribution in [0.5, 0.6) is 0 Å². The molecule has 0 amide bonds. The Kier molecular flexibility index (Phi) is 7.67. The highest BCUT2D eigenvalue weighted by molar-refractivity contribution is 8.38. The van der Waals surface area contributed by atoms with E-state index in [0.717, 1.165) is 16.5 Å². The van der Waals surface area contributed by atoms with Crippen molar-refractivity contribution in [1.29, 1.82) is 0 Å². The largest absolute Gasteiger partial charge is 0.377 e. The molecular weight excluding hydrogens is 414 g/mol. The lowest BCUT2D eigenvalue weighted by Crippen LogP contribution is -2.43. The molecule has 0 aromatic heterocycles. The predicted molar refractivity (Wildman–Crippen MR) is 135 cm³/mol. The summed E-state index contributed by atoms with van der Waals surface area (Å²) in [5, 5.41) is 4.96. The summed E-state index contributed by atoms with van der Waals surface area (Å²) in [6.45, 7) is 13.5. The number of rotatable bonds is 5. The Morgan fingerprint density at radius 1 is 0.931 bits per heavy atom. The lowest BCUT2D eigenvalue weighted by atomic mass is 10.1. The molecule has 0 fully saturated rings. The van der Waals surface area contributed by atoms with Gasteiger partial charge in [-0.25, -0.2) is 4.21 Å². The molecule has 29 heavy (non-hydrogen) atoms. The summed E-state index contributed by atoms with van der Waals surface area (Å²) in [6.07, 6.45) is 0. The van der Waals surface area contributed by atoms with Crippen LogP contribution in [0.4, 0.5) is 5.69 Å². The lowest BCUT2D eigenvalue weighted by molar-refractivity contribution is 0.562. The molecule has 3 nitrogen and oxygen atoms in total. The number of nitrogens with zero attached hydrogens (tertiary/aromatic N) is 1. The fraction of sp³-hybridized carbons (Fsp3) is 0.478. The Labute approximate surface area is 181 Å². The molecule has 0 heterocycles. The monoisotopic (exact) mass is 449 g/mol. The van der Waals surface area contributed by atoms with E-state index in [4.69, 9.17) is 0 Å². The molecule has 6 heteroatoms. The average Bonchev–Trinajstić information content (AvgIpc) is 2.63. The average molecular weight is 450 g/mol. The lowest BCUT2D eigenvalue weighted by Gasteiger charge is -2.37. The summed E-state index contributed by atoms with van der Waals surface area (Å²) in [5.41, 5.74) is 6.10. The van der Waals surface area contributed by atoms with Crippen molar-refractivity contribution >= 4 is 43.6 Å². The maximum atomic E-state index is 13.3. The SMILES string of the molecule is CC(C)[Si](C#C[SH]=S(=O)(O)c1cccc2c(N(C)C)cccc12)(C(C)C)C(C)C. The van der Waals surface area contributed by atoms with Gasteiger partial charge in [0.05, 0.1) is 4.90 Å². The van der Waals surface area contributed by atoms with Gasteiger partial charge in [-0.05, 0) is 44.3 Å². The molecule has 1 unspecified atom stereocenters. The fourth-order valence-corrected chi connectivity index (χ4v) is 12.9. The number of fused-ring (bicyclic) bond motifs is 1. The van der Waals surface area contributed by atoms with Gasteiger partial charge in [0.1, 0.15) is 16.8 Å². The summed E-state index contributed by atoms with van der Waals surface area (Å²) in [4.78, 5) is 2.50. The van der Waals surface area contributed by atoms with Crippen LogP contribution in [0.15, 0.2) is 41.3 Å². The first-order valence-electron chi connectivity index (χ1n) is 10.1. The van der Waals surface area contributed by atoms with E-state index in [0.29, 0.717) is 21.5 Å². The van der Waals surface area contributed by atoms with Gasteiger partial charge in [-0.2, -0.15) is 0 Å². The topological polar surface area (TPSA) is 40.5 Å². The van der Waals surface area contributed by atoms with E-state index in [2.05, 4.69) is 52.3 Å². The Hall–Kier alpha value is -1.26. The van der Waals surface area contributed by atoms with Crippen LogP contribution in [0.2, 0.25) is 16.6 Å². The van der Waals surface area contributed by atoms with Crippen molar-refractivity contribution < 1.29 is 8.76 Å². The molecule has 0 bridgehead atoms. The van der Waals surface area contributed by atoms with Gasteiger partial charge in [-0.15, -0.1) is 5.54 Å². The van der Waals surface area contributed by atoms with Crippen molar-refractivity contribution in [1.82, 2.24) is 0 Å². The van der Waals surface area contributed by atoms with Gasteiger partial charge in [0, 0.05) is 30.6 Å². The zero-order chi connectivity index (χ0) is 22.0. The molecule has 0 saturated carbocycles. The molecule has 0 aliphatic carbocycles. The van der Waals surface area contributed by atoms with Crippen LogP contribution in [-0.2, 0) is 19.1 Å². The van der Waals surface area contributed by atoms with Crippen molar-refractivity contribution in [3.63, 3.8) is 0 Å². The highest BCUT2D eigenvalue weighted by Gasteiger charge is 2.41. The van der Waals surface area contributed by atoms with E-state index in [1.54, 1.807) is 6.07 Å². The second-order valence-corrected chi connectivity index (χ2v) is 18.2. The van der Waals surface area contributed by atoms with Gasteiger partial charge in [0.2, 0.25) is 0 Å². The van der Waals surface area contributed by atoms with E-state index in [1.807, 2.05) is 49.3 Å². The first kappa shape index (κ1) is 24.0. The van der Waals surface area contributed by atoms with Gasteiger partial charge in [0.15, 0.2) is 0 Å². The molecule has 0 spiro atoms. The molecular formula is C23H35NO2S2Si. The van der Waals surface area contributed by atoms with Crippen LogP contribution in [0.1, 0.15) is 41.5 Å². The minimum Gasteiger partial charge on any atom is -0.377 e. The van der Waals surface area contributed by atoms with E-state index in [9.17, 15) is 8.76 Å². The second-order valence-electron chi connectivity index (χ2n) is 8.74. The highest BCUT2D eigenvalue weighted by Crippen LogP contribution is 2.40. The maximum Gasteiger partial charge on any atom is 0.147 e. The van der Waals surface area contributed by atoms with Crippen molar-refractivity contribution in [3.8, 4) is 10.8 Å². The van der Waals surface area contributed by atoms with Crippen molar-refractivity contribution in [2.24, 2.45) is 0 Å². The zero-order valence-corrected chi connectivity index (χ0v) is 21.6. The van der Waals surface area contributed by atoms with Crippen LogP contribution >= 0.6 is 0 Å². The van der Waals surface area contributed by atoms with Gasteiger partial charge < -0.3 is 9.45 Å². The van der Waals surface area contributed by atoms with Crippen LogP contribution in [0, 0.1) is 10.8 Å². The summed E-state index contributed by atoms with van der Waals surface area (Å²) in [7, 11) is -0.946. The van der Waals surface area contributed by atoms with E-state index < -0.39 is 16.8 Å². The molecule has 2 aromatic rings. The molecule has 0 radical (unpaired) electrons. The van der Waals surface area contributed by atoms with Crippen LogP contribution in [0.25, 0.3) is 10.8 Å². The molecule has 0 aliphatic heterocycles. The number of hydrogen-bond acceptors (Lipinski definition) is 2.